The molecular weight excluding hydrogens is 268 g/mol. The van der Waals surface area contributed by atoms with Crippen molar-refractivity contribution in [1.82, 2.24) is 0 Å². The van der Waals surface area contributed by atoms with Gasteiger partial charge in [0, 0.05) is 12.0 Å². The number of phenols is 1. The highest BCUT2D eigenvalue weighted by atomic mass is 16.5. The number of carbonyl (C=O) groups excluding carboxylic acids is 2. The molecule has 0 unspecified atom stereocenters. The first-order valence-electron chi connectivity index (χ1n) is 6.59. The summed E-state index contributed by atoms with van der Waals surface area (Å²) in [6.45, 7) is 5.11. The van der Waals surface area contributed by atoms with Gasteiger partial charge in [-0.25, -0.2) is 0 Å². The van der Waals surface area contributed by atoms with Gasteiger partial charge in [-0.1, -0.05) is 37.0 Å². The average Bonchev–Trinajstić information content (AvgIpc) is 2.44. The predicted molar refractivity (Wildman–Crippen MR) is 80.9 cm³/mol. The summed E-state index contributed by atoms with van der Waals surface area (Å²) < 4.78 is 5.41. The van der Waals surface area contributed by atoms with Crippen LogP contribution in [-0.2, 0) is 0 Å². The molecule has 0 fully saturated rings. The van der Waals surface area contributed by atoms with Gasteiger partial charge in [-0.15, -0.1) is 0 Å². The zero-order chi connectivity index (χ0) is 15.4. The Bertz CT molecular complexity index is 666. The van der Waals surface area contributed by atoms with Crippen LogP contribution in [0, 0.1) is 0 Å². The largest absolute Gasteiger partial charge is 0.506 e. The average molecular weight is 284 g/mol. The molecule has 0 aromatic heterocycles. The number of allylic oxidation sites excluding steroid dienone is 4. The van der Waals surface area contributed by atoms with Gasteiger partial charge in [0.2, 0.25) is 0 Å². The molecule has 0 bridgehead atoms. The van der Waals surface area contributed by atoms with E-state index in [-0.39, 0.29) is 41.7 Å². The van der Waals surface area contributed by atoms with Crippen LogP contribution in [0.15, 0.2) is 36.9 Å². The fourth-order valence-electron chi connectivity index (χ4n) is 2.17. The number of Topliss-reactive ketones (excluding diaryl/α,β-unsaturated/α-hetero) is 2. The van der Waals surface area contributed by atoms with E-state index in [0.29, 0.717) is 11.1 Å². The van der Waals surface area contributed by atoms with Gasteiger partial charge < -0.3 is 9.84 Å². The van der Waals surface area contributed by atoms with Crippen LogP contribution in [0.5, 0.6) is 11.5 Å². The molecule has 1 aliphatic heterocycles. The van der Waals surface area contributed by atoms with Crippen molar-refractivity contribution in [1.29, 1.82) is 0 Å². The van der Waals surface area contributed by atoms with Crippen LogP contribution in [0.2, 0.25) is 0 Å². The number of hydrogen-bond acceptors (Lipinski definition) is 4. The molecule has 2 rings (SSSR count). The second-order valence-corrected chi connectivity index (χ2v) is 4.62. The van der Waals surface area contributed by atoms with Gasteiger partial charge >= 0.3 is 0 Å². The summed E-state index contributed by atoms with van der Waals surface area (Å²) in [6, 6.07) is 1.55. The van der Waals surface area contributed by atoms with Crippen LogP contribution >= 0.6 is 0 Å². The highest BCUT2D eigenvalue weighted by Crippen LogP contribution is 2.38. The highest BCUT2D eigenvalue weighted by molar-refractivity contribution is 6.08. The molecule has 108 valence electrons. The summed E-state index contributed by atoms with van der Waals surface area (Å²) in [5.74, 6) is -0.403. The number of hydrogen-bond donors (Lipinski definition) is 1. The van der Waals surface area contributed by atoms with Crippen LogP contribution in [0.25, 0.3) is 6.08 Å². The molecule has 1 aliphatic rings. The van der Waals surface area contributed by atoms with Gasteiger partial charge in [0.25, 0.3) is 0 Å². The molecule has 21 heavy (non-hydrogen) atoms. The predicted octanol–water partition coefficient (Wildman–Crippen LogP) is 3.32. The summed E-state index contributed by atoms with van der Waals surface area (Å²) in [5, 5.41) is 10.3. The summed E-state index contributed by atoms with van der Waals surface area (Å²) in [4.78, 5) is 23.7. The Hall–Kier alpha value is -2.62. The first kappa shape index (κ1) is 14.8. The summed E-state index contributed by atoms with van der Waals surface area (Å²) in [7, 11) is 0. The smallest absolute Gasteiger partial charge is 0.170 e. The third kappa shape index (κ3) is 2.94. The molecule has 1 N–H and O–H groups in total. The lowest BCUT2D eigenvalue weighted by atomic mass is 9.94. The molecule has 0 aliphatic carbocycles. The van der Waals surface area contributed by atoms with Crippen molar-refractivity contribution in [2.75, 3.05) is 6.61 Å². The van der Waals surface area contributed by atoms with E-state index < -0.39 is 0 Å². The minimum atomic E-state index is -0.338. The maximum atomic E-state index is 12.0. The molecule has 4 heteroatoms. The Kier molecular flexibility index (Phi) is 4.38. The molecule has 1 aromatic carbocycles. The maximum absolute atomic E-state index is 12.0. The number of phenolic OH excluding ortho intramolecular Hbond substituents is 1. The van der Waals surface area contributed by atoms with Crippen LogP contribution in [0.1, 0.15) is 39.6 Å². The van der Waals surface area contributed by atoms with E-state index in [9.17, 15) is 14.7 Å². The molecule has 4 nitrogen and oxygen atoms in total. The van der Waals surface area contributed by atoms with Crippen LogP contribution in [0.4, 0.5) is 0 Å². The van der Waals surface area contributed by atoms with Crippen LogP contribution in [-0.4, -0.2) is 23.3 Å². The number of carbonyl (C=O) groups is 2. The number of ether oxygens (including phenoxy) is 1. The molecule has 1 heterocycles. The van der Waals surface area contributed by atoms with Crippen molar-refractivity contribution in [3.05, 3.63) is 53.6 Å². The van der Waals surface area contributed by atoms with Gasteiger partial charge in [0.1, 0.15) is 17.1 Å². The van der Waals surface area contributed by atoms with Gasteiger partial charge in [-0.05, 0) is 13.0 Å². The quantitative estimate of drug-likeness (QED) is 0.680. The van der Waals surface area contributed by atoms with Gasteiger partial charge in [0.05, 0.1) is 12.2 Å². The highest BCUT2D eigenvalue weighted by Gasteiger charge is 2.27. The van der Waals surface area contributed by atoms with Crippen LogP contribution in [0.3, 0.4) is 0 Å². The lowest BCUT2D eigenvalue weighted by Gasteiger charge is -2.20. The Labute approximate surface area is 123 Å². The van der Waals surface area contributed by atoms with E-state index in [4.69, 9.17) is 4.74 Å². The summed E-state index contributed by atoms with van der Waals surface area (Å²) in [6.07, 6.45) is 8.68. The van der Waals surface area contributed by atoms with E-state index in [2.05, 4.69) is 6.58 Å². The summed E-state index contributed by atoms with van der Waals surface area (Å²) >= 11 is 0. The van der Waals surface area contributed by atoms with E-state index in [1.54, 1.807) is 36.4 Å². The van der Waals surface area contributed by atoms with Crippen LogP contribution < -0.4 is 4.74 Å². The van der Waals surface area contributed by atoms with Crippen molar-refractivity contribution in [3.8, 4) is 11.5 Å². The van der Waals surface area contributed by atoms with E-state index in [1.807, 2.05) is 0 Å². The second-order valence-electron chi connectivity index (χ2n) is 4.62. The third-order valence-electron chi connectivity index (χ3n) is 3.14. The van der Waals surface area contributed by atoms with Gasteiger partial charge in [-0.2, -0.15) is 0 Å². The lowest BCUT2D eigenvalue weighted by molar-refractivity contribution is 0.0930. The fourth-order valence-corrected chi connectivity index (χ4v) is 2.17. The number of ketones is 2. The molecule has 1 aromatic rings. The zero-order valence-corrected chi connectivity index (χ0v) is 11.8. The molecule has 0 amide bonds. The van der Waals surface area contributed by atoms with Crippen molar-refractivity contribution in [2.24, 2.45) is 0 Å². The third-order valence-corrected chi connectivity index (χ3v) is 3.14. The number of aromatic hydroxyl groups is 1. The Balaban J connectivity index is 2.59. The number of benzene rings is 1. The monoisotopic (exact) mass is 284 g/mol. The zero-order valence-electron chi connectivity index (χ0n) is 11.8. The molecule has 0 spiro atoms. The first-order valence-corrected chi connectivity index (χ1v) is 6.59. The first-order chi connectivity index (χ1) is 10.1. The van der Waals surface area contributed by atoms with Crippen molar-refractivity contribution >= 4 is 17.6 Å². The number of rotatable bonds is 4. The minimum absolute atomic E-state index is 0.0629. The van der Waals surface area contributed by atoms with Crippen molar-refractivity contribution in [2.45, 2.75) is 13.3 Å². The lowest BCUT2D eigenvalue weighted by Crippen LogP contribution is -2.18. The topological polar surface area (TPSA) is 63.6 Å². The van der Waals surface area contributed by atoms with E-state index in [0.717, 1.165) is 0 Å². The molecular formula is C17H16O4. The Morgan fingerprint density at radius 1 is 1.38 bits per heavy atom. The molecule has 0 saturated heterocycles. The maximum Gasteiger partial charge on any atom is 0.170 e. The normalized spacial score (nSPS) is 14.2. The molecule has 0 saturated carbocycles. The minimum Gasteiger partial charge on any atom is -0.506 e. The molecule has 0 radical (unpaired) electrons. The van der Waals surface area contributed by atoms with Gasteiger partial charge in [0.15, 0.2) is 11.6 Å². The van der Waals surface area contributed by atoms with E-state index in [1.165, 1.54) is 6.92 Å². The molecule has 0 atom stereocenters. The number of fused-ring (bicyclic) bond motifs is 1. The van der Waals surface area contributed by atoms with Crippen molar-refractivity contribution in [3.63, 3.8) is 0 Å². The Morgan fingerprint density at radius 2 is 2.14 bits per heavy atom. The second kappa shape index (κ2) is 6.22. The Morgan fingerprint density at radius 3 is 2.81 bits per heavy atom. The van der Waals surface area contributed by atoms with E-state index >= 15 is 0 Å². The SMILES string of the molecule is C=CC=CC=Cc1cc2c(c(C(C)=O)c1O)OCCC2=O. The van der Waals surface area contributed by atoms with Gasteiger partial charge in [-0.3, -0.25) is 9.59 Å². The standard InChI is InChI=1S/C17H16O4/c1-3-4-5-6-7-12-10-13-14(19)8-9-21-17(13)15(11(2)18)16(12)20/h3-7,10,20H,1,8-9H2,2H3. The fraction of sp³-hybridized carbons (Fsp3) is 0.176. The summed E-state index contributed by atoms with van der Waals surface area (Å²) in [5.41, 5.74) is 0.816. The van der Waals surface area contributed by atoms with Crippen molar-refractivity contribution < 1.29 is 19.4 Å².